The highest BCUT2D eigenvalue weighted by Gasteiger charge is 2.27. The highest BCUT2D eigenvalue weighted by Crippen LogP contribution is 2.32. The first kappa shape index (κ1) is 23.2. The fourth-order valence-corrected chi connectivity index (χ4v) is 5.37. The van der Waals surface area contributed by atoms with E-state index in [9.17, 15) is 26.4 Å². The van der Waals surface area contributed by atoms with Crippen LogP contribution in [-0.4, -0.2) is 26.3 Å². The molecule has 2 aromatic carbocycles. The lowest BCUT2D eigenvalue weighted by Gasteiger charge is -2.12. The molecular formula is C20H17F3N2O3S3. The first-order valence-corrected chi connectivity index (χ1v) is 12.2. The molecule has 0 saturated carbocycles. The Morgan fingerprint density at radius 1 is 1.00 bits per heavy atom. The molecule has 5 nitrogen and oxygen atoms in total. The maximum atomic E-state index is 12.5. The number of thiophene rings is 1. The summed E-state index contributed by atoms with van der Waals surface area (Å²) in [7, 11) is -3.66. The van der Waals surface area contributed by atoms with Crippen molar-refractivity contribution in [3.05, 3.63) is 71.6 Å². The minimum Gasteiger partial charge on any atom is -0.325 e. The summed E-state index contributed by atoms with van der Waals surface area (Å²) in [4.78, 5) is 12.7. The van der Waals surface area contributed by atoms with Crippen LogP contribution in [-0.2, 0) is 21.2 Å². The van der Waals surface area contributed by atoms with Gasteiger partial charge >= 0.3 is 6.18 Å². The highest BCUT2D eigenvalue weighted by atomic mass is 32.2. The lowest BCUT2D eigenvalue weighted by molar-refractivity contribution is -0.115. The maximum absolute atomic E-state index is 12.5. The summed E-state index contributed by atoms with van der Waals surface area (Å²) >= 11 is 1.70. The summed E-state index contributed by atoms with van der Waals surface area (Å²) in [5.74, 6) is -1.45. The van der Waals surface area contributed by atoms with Crippen LogP contribution in [0.3, 0.4) is 0 Å². The van der Waals surface area contributed by atoms with E-state index in [1.54, 1.807) is 53.9 Å². The Bertz CT molecular complexity index is 1130. The number of hydrogen-bond donors (Lipinski definition) is 2. The Balaban J connectivity index is 1.60. The highest BCUT2D eigenvalue weighted by molar-refractivity contribution is 7.99. The van der Waals surface area contributed by atoms with Gasteiger partial charge in [0.05, 0.1) is 17.9 Å². The molecule has 0 aliphatic rings. The predicted molar refractivity (Wildman–Crippen MR) is 117 cm³/mol. The van der Waals surface area contributed by atoms with Crippen molar-refractivity contribution >= 4 is 50.4 Å². The van der Waals surface area contributed by atoms with Crippen LogP contribution in [0.25, 0.3) is 0 Å². The average molecular weight is 487 g/mol. The molecule has 0 radical (unpaired) electrons. The molecule has 3 aromatic rings. The average Bonchev–Trinajstić information content (AvgIpc) is 3.24. The molecule has 0 bridgehead atoms. The molecule has 0 atom stereocenters. The second-order valence-corrected chi connectivity index (χ2v) is 10.2. The van der Waals surface area contributed by atoms with Crippen LogP contribution in [0.5, 0.6) is 0 Å². The number of thioether (sulfide) groups is 1. The largest absolute Gasteiger partial charge is 0.398 e. The third-order valence-electron chi connectivity index (χ3n) is 3.88. The summed E-state index contributed by atoms with van der Waals surface area (Å²) in [5.41, 5.74) is 1.28. The molecule has 0 fully saturated rings. The smallest absolute Gasteiger partial charge is 0.325 e. The van der Waals surface area contributed by atoms with Gasteiger partial charge in [-0.2, -0.15) is 13.2 Å². The summed E-state index contributed by atoms with van der Waals surface area (Å²) in [6.45, 7) is 0. The van der Waals surface area contributed by atoms with Crippen LogP contribution in [0.2, 0.25) is 0 Å². The fraction of sp³-hybridized carbons (Fsp3) is 0.150. The number of anilines is 2. The second-order valence-electron chi connectivity index (χ2n) is 6.36. The number of benzene rings is 2. The van der Waals surface area contributed by atoms with Gasteiger partial charge < -0.3 is 5.32 Å². The minimum atomic E-state index is -4.31. The van der Waals surface area contributed by atoms with E-state index in [1.165, 1.54) is 12.1 Å². The van der Waals surface area contributed by atoms with Gasteiger partial charge in [-0.15, -0.1) is 23.1 Å². The normalized spacial score (nSPS) is 11.8. The van der Waals surface area contributed by atoms with Crippen molar-refractivity contribution in [1.29, 1.82) is 0 Å². The predicted octanol–water partition coefficient (Wildman–Crippen LogP) is 5.38. The van der Waals surface area contributed by atoms with Crippen molar-refractivity contribution in [3.8, 4) is 0 Å². The number of rotatable bonds is 8. The van der Waals surface area contributed by atoms with Gasteiger partial charge in [0.25, 0.3) is 10.0 Å². The van der Waals surface area contributed by atoms with Gasteiger partial charge in [0.2, 0.25) is 5.91 Å². The summed E-state index contributed by atoms with van der Waals surface area (Å²) in [6, 6.07) is 15.7. The standard InChI is InChI=1S/C20H17F3N2O3S3/c21-20(22,23)13-30-17-5-2-1-4-16(17)24-18(26)12-14-7-9-15(10-8-14)25-31(27,28)19-6-3-11-29-19/h1-11,25H,12-13H2,(H,24,26). The Hall–Kier alpha value is -2.50. The number of amides is 1. The first-order chi connectivity index (χ1) is 14.6. The SMILES string of the molecule is O=C(Cc1ccc(NS(=O)(=O)c2cccs2)cc1)Nc1ccccc1SCC(F)(F)F. The van der Waals surface area contributed by atoms with Crippen molar-refractivity contribution in [2.75, 3.05) is 15.8 Å². The number of para-hydroxylation sites is 1. The maximum Gasteiger partial charge on any atom is 0.398 e. The van der Waals surface area contributed by atoms with Gasteiger partial charge in [-0.05, 0) is 41.3 Å². The van der Waals surface area contributed by atoms with Crippen LogP contribution in [0.15, 0.2) is 75.1 Å². The number of sulfonamides is 1. The number of hydrogen-bond acceptors (Lipinski definition) is 5. The van der Waals surface area contributed by atoms with Gasteiger partial charge in [0.1, 0.15) is 4.21 Å². The summed E-state index contributed by atoms with van der Waals surface area (Å²) in [6.07, 6.45) is -4.33. The molecule has 31 heavy (non-hydrogen) atoms. The third kappa shape index (κ3) is 7.01. The van der Waals surface area contributed by atoms with E-state index in [2.05, 4.69) is 10.0 Å². The van der Waals surface area contributed by atoms with Crippen LogP contribution >= 0.6 is 23.1 Å². The molecule has 1 heterocycles. The van der Waals surface area contributed by atoms with Crippen LogP contribution in [0.1, 0.15) is 5.56 Å². The molecule has 1 aromatic heterocycles. The van der Waals surface area contributed by atoms with E-state index in [-0.39, 0.29) is 10.6 Å². The zero-order valence-electron chi connectivity index (χ0n) is 15.8. The summed E-state index contributed by atoms with van der Waals surface area (Å²) < 4.78 is 64.6. The summed E-state index contributed by atoms with van der Waals surface area (Å²) in [5, 5.41) is 4.29. The van der Waals surface area contributed by atoms with Gasteiger partial charge in [-0.25, -0.2) is 8.42 Å². The zero-order chi connectivity index (χ0) is 22.5. The molecule has 0 spiro atoms. The Kier molecular flexibility index (Phi) is 7.29. The van der Waals surface area contributed by atoms with E-state index >= 15 is 0 Å². The topological polar surface area (TPSA) is 75.3 Å². The molecule has 0 aliphatic carbocycles. The Morgan fingerprint density at radius 2 is 1.71 bits per heavy atom. The van der Waals surface area contributed by atoms with E-state index in [0.29, 0.717) is 33.6 Å². The molecule has 164 valence electrons. The quantitative estimate of drug-likeness (QED) is 0.419. The van der Waals surface area contributed by atoms with Crippen LogP contribution in [0.4, 0.5) is 24.5 Å². The lowest BCUT2D eigenvalue weighted by Crippen LogP contribution is -2.16. The van der Waals surface area contributed by atoms with Crippen molar-refractivity contribution in [2.24, 2.45) is 0 Å². The molecule has 0 unspecified atom stereocenters. The van der Waals surface area contributed by atoms with Gasteiger partial charge in [-0.1, -0.05) is 30.3 Å². The molecular weight excluding hydrogens is 469 g/mol. The molecule has 1 amide bonds. The minimum absolute atomic E-state index is 0.0176. The molecule has 3 rings (SSSR count). The van der Waals surface area contributed by atoms with Crippen molar-refractivity contribution in [2.45, 2.75) is 21.7 Å². The van der Waals surface area contributed by atoms with Crippen molar-refractivity contribution in [3.63, 3.8) is 0 Å². The number of carbonyl (C=O) groups excluding carboxylic acids is 1. The van der Waals surface area contributed by atoms with E-state index in [4.69, 9.17) is 0 Å². The Morgan fingerprint density at radius 3 is 2.35 bits per heavy atom. The van der Waals surface area contributed by atoms with Gasteiger partial charge in [0, 0.05) is 10.6 Å². The van der Waals surface area contributed by atoms with Gasteiger partial charge in [-0.3, -0.25) is 9.52 Å². The first-order valence-electron chi connectivity index (χ1n) is 8.86. The zero-order valence-corrected chi connectivity index (χ0v) is 18.3. The van der Waals surface area contributed by atoms with E-state index < -0.39 is 27.9 Å². The molecule has 0 aliphatic heterocycles. The third-order valence-corrected chi connectivity index (χ3v) is 7.80. The monoisotopic (exact) mass is 486 g/mol. The lowest BCUT2D eigenvalue weighted by atomic mass is 10.1. The molecule has 2 N–H and O–H groups in total. The number of alkyl halides is 3. The van der Waals surface area contributed by atoms with E-state index in [0.717, 1.165) is 11.3 Å². The Labute approximate surface area is 185 Å². The number of nitrogens with one attached hydrogen (secondary N) is 2. The van der Waals surface area contributed by atoms with Crippen LogP contribution < -0.4 is 10.0 Å². The fourth-order valence-electron chi connectivity index (χ4n) is 2.55. The van der Waals surface area contributed by atoms with Crippen molar-refractivity contribution in [1.82, 2.24) is 0 Å². The van der Waals surface area contributed by atoms with Gasteiger partial charge in [0.15, 0.2) is 0 Å². The van der Waals surface area contributed by atoms with Crippen LogP contribution in [0, 0.1) is 0 Å². The molecule has 11 heteroatoms. The van der Waals surface area contributed by atoms with E-state index in [1.807, 2.05) is 0 Å². The molecule has 0 saturated heterocycles. The van der Waals surface area contributed by atoms with Crippen molar-refractivity contribution < 1.29 is 26.4 Å². The second kappa shape index (κ2) is 9.75. The number of carbonyl (C=O) groups is 1. The number of halogens is 3.